The Morgan fingerprint density at radius 1 is 1.16 bits per heavy atom. The summed E-state index contributed by atoms with van der Waals surface area (Å²) in [5.41, 5.74) is 9.23. The summed E-state index contributed by atoms with van der Waals surface area (Å²) >= 11 is 1.76. The molecular weight excluding hydrogens is 486 g/mol. The normalized spacial score (nSPS) is 12.6. The molecule has 3 aromatic heterocycles. The Balaban J connectivity index is 1.67. The molecule has 3 N–H and O–H groups in total. The molecule has 0 saturated carbocycles. The first-order valence-corrected chi connectivity index (χ1v) is 13.6. The van der Waals surface area contributed by atoms with E-state index in [1.807, 2.05) is 25.5 Å². The SMILES string of the molecule is C=C/C(=C\C(=C/C)c1ccc(NC)c(Cc2nc3c(-c4ccc(C)s4)cncc3[nH]2)c1)NC(=C)C(C)(C)C. The fraction of sp³-hybridized carbons (Fsp3) is 0.250. The summed E-state index contributed by atoms with van der Waals surface area (Å²) in [7, 11) is 1.95. The number of H-pyrrole nitrogens is 1. The topological polar surface area (TPSA) is 65.6 Å². The summed E-state index contributed by atoms with van der Waals surface area (Å²) in [6.45, 7) is 18.8. The number of hydrogen-bond acceptors (Lipinski definition) is 5. The van der Waals surface area contributed by atoms with Crippen molar-refractivity contribution in [2.24, 2.45) is 5.41 Å². The van der Waals surface area contributed by atoms with Crippen LogP contribution in [0.25, 0.3) is 27.0 Å². The number of pyridine rings is 1. The molecule has 5 nitrogen and oxygen atoms in total. The summed E-state index contributed by atoms with van der Waals surface area (Å²) in [4.78, 5) is 15.4. The maximum absolute atomic E-state index is 5.00. The Morgan fingerprint density at radius 3 is 2.58 bits per heavy atom. The van der Waals surface area contributed by atoms with Crippen molar-refractivity contribution in [3.8, 4) is 10.4 Å². The molecule has 38 heavy (non-hydrogen) atoms. The third-order valence-electron chi connectivity index (χ3n) is 6.56. The summed E-state index contributed by atoms with van der Waals surface area (Å²) in [6.07, 6.45) is 10.5. The number of nitrogens with zero attached hydrogens (tertiary/aromatic N) is 2. The van der Waals surface area contributed by atoms with Gasteiger partial charge in [-0.25, -0.2) is 4.98 Å². The minimum atomic E-state index is -0.0515. The fourth-order valence-electron chi connectivity index (χ4n) is 4.18. The van der Waals surface area contributed by atoms with Crippen molar-refractivity contribution >= 4 is 33.6 Å². The van der Waals surface area contributed by atoms with Gasteiger partial charge < -0.3 is 15.6 Å². The van der Waals surface area contributed by atoms with E-state index in [2.05, 4.69) is 111 Å². The molecule has 0 amide bonds. The van der Waals surface area contributed by atoms with Gasteiger partial charge in [0.1, 0.15) is 11.3 Å². The number of nitrogens with one attached hydrogen (secondary N) is 3. The van der Waals surface area contributed by atoms with E-state index in [1.165, 1.54) is 9.75 Å². The maximum Gasteiger partial charge on any atom is 0.111 e. The molecule has 0 fully saturated rings. The van der Waals surface area contributed by atoms with Gasteiger partial charge in [0.2, 0.25) is 0 Å². The highest BCUT2D eigenvalue weighted by Crippen LogP contribution is 2.33. The second-order valence-electron chi connectivity index (χ2n) is 10.4. The molecule has 6 heteroatoms. The highest BCUT2D eigenvalue weighted by atomic mass is 32.1. The van der Waals surface area contributed by atoms with Crippen LogP contribution in [0.2, 0.25) is 0 Å². The second kappa shape index (κ2) is 11.2. The second-order valence-corrected chi connectivity index (χ2v) is 11.7. The van der Waals surface area contributed by atoms with Gasteiger partial charge in [0.05, 0.1) is 11.7 Å². The lowest BCUT2D eigenvalue weighted by atomic mass is 9.92. The van der Waals surface area contributed by atoms with E-state index in [4.69, 9.17) is 4.98 Å². The molecule has 4 aromatic rings. The van der Waals surface area contributed by atoms with E-state index in [0.717, 1.165) is 56.2 Å². The molecule has 0 radical (unpaired) electrons. The van der Waals surface area contributed by atoms with Crippen LogP contribution >= 0.6 is 11.3 Å². The van der Waals surface area contributed by atoms with Crippen molar-refractivity contribution < 1.29 is 0 Å². The van der Waals surface area contributed by atoms with Crippen molar-refractivity contribution in [2.45, 2.75) is 41.0 Å². The van der Waals surface area contributed by atoms with Crippen LogP contribution in [0.1, 0.15) is 49.5 Å². The van der Waals surface area contributed by atoms with E-state index in [9.17, 15) is 0 Å². The average Bonchev–Trinajstić information content (AvgIpc) is 3.51. The third kappa shape index (κ3) is 5.97. The number of fused-ring (bicyclic) bond motifs is 1. The van der Waals surface area contributed by atoms with Crippen LogP contribution in [0.3, 0.4) is 0 Å². The Kier molecular flexibility index (Phi) is 8.02. The Morgan fingerprint density at radius 2 is 1.95 bits per heavy atom. The smallest absolute Gasteiger partial charge is 0.111 e. The summed E-state index contributed by atoms with van der Waals surface area (Å²) < 4.78 is 0. The number of benzene rings is 1. The molecule has 0 saturated heterocycles. The van der Waals surface area contributed by atoms with Crippen LogP contribution in [-0.4, -0.2) is 22.0 Å². The Hall–Kier alpha value is -3.90. The standard InChI is InChI=1S/C32H37N5S/c1-9-22(16-25(10-2)35-21(4)32(5,6)7)23-12-13-27(33-8)24(15-23)17-30-36-28-19-34-18-26(31(28)37-30)29-14-11-20(3)38-29/h9-16,18-19,33,35H,2,4,17H2,1,3,5-8H3,(H,36,37)/b22-9+,25-16+. The molecule has 4 rings (SSSR count). The molecule has 0 unspecified atom stereocenters. The number of aromatic nitrogens is 3. The number of imidazole rings is 1. The molecule has 0 atom stereocenters. The minimum Gasteiger partial charge on any atom is -0.388 e. The van der Waals surface area contributed by atoms with Gasteiger partial charge >= 0.3 is 0 Å². The number of thiophene rings is 1. The van der Waals surface area contributed by atoms with Crippen molar-refractivity contribution in [3.05, 3.63) is 107 Å². The molecule has 0 aliphatic rings. The summed E-state index contributed by atoms with van der Waals surface area (Å²) in [6, 6.07) is 10.8. The van der Waals surface area contributed by atoms with E-state index in [-0.39, 0.29) is 5.41 Å². The van der Waals surface area contributed by atoms with Gasteiger partial charge in [0.15, 0.2) is 0 Å². The van der Waals surface area contributed by atoms with Gasteiger partial charge in [-0.1, -0.05) is 46.1 Å². The van der Waals surface area contributed by atoms with Crippen LogP contribution in [0, 0.1) is 12.3 Å². The first-order chi connectivity index (χ1) is 18.1. The van der Waals surface area contributed by atoms with Crippen molar-refractivity contribution in [2.75, 3.05) is 12.4 Å². The highest BCUT2D eigenvalue weighted by Gasteiger charge is 2.16. The largest absolute Gasteiger partial charge is 0.388 e. The number of rotatable bonds is 9. The zero-order valence-corrected chi connectivity index (χ0v) is 24.0. The van der Waals surface area contributed by atoms with E-state index >= 15 is 0 Å². The van der Waals surface area contributed by atoms with Gasteiger partial charge in [0, 0.05) is 57.5 Å². The molecule has 0 bridgehead atoms. The predicted octanol–water partition coefficient (Wildman–Crippen LogP) is 8.25. The monoisotopic (exact) mass is 523 g/mol. The van der Waals surface area contributed by atoms with Gasteiger partial charge in [-0.3, -0.25) is 4.98 Å². The van der Waals surface area contributed by atoms with Crippen molar-refractivity contribution in [1.82, 2.24) is 20.3 Å². The molecule has 0 aliphatic carbocycles. The van der Waals surface area contributed by atoms with E-state index < -0.39 is 0 Å². The number of aromatic amines is 1. The minimum absolute atomic E-state index is 0.0515. The first-order valence-electron chi connectivity index (χ1n) is 12.8. The first kappa shape index (κ1) is 27.1. The third-order valence-corrected chi connectivity index (χ3v) is 7.59. The van der Waals surface area contributed by atoms with Gasteiger partial charge in [-0.05, 0) is 67.0 Å². The van der Waals surface area contributed by atoms with Crippen LogP contribution < -0.4 is 10.6 Å². The molecule has 3 heterocycles. The Labute approximate surface area is 230 Å². The number of aryl methyl sites for hydroxylation is 1. The van der Waals surface area contributed by atoms with E-state index in [1.54, 1.807) is 11.3 Å². The van der Waals surface area contributed by atoms with Crippen LogP contribution in [0.5, 0.6) is 0 Å². The van der Waals surface area contributed by atoms with Crippen LogP contribution in [-0.2, 0) is 6.42 Å². The van der Waals surface area contributed by atoms with Crippen LogP contribution in [0.4, 0.5) is 5.69 Å². The zero-order chi connectivity index (χ0) is 27.4. The summed E-state index contributed by atoms with van der Waals surface area (Å²) in [5.74, 6) is 0.906. The van der Waals surface area contributed by atoms with Crippen LogP contribution in [0.15, 0.2) is 85.5 Å². The number of anilines is 1. The van der Waals surface area contributed by atoms with Gasteiger partial charge in [0.25, 0.3) is 0 Å². The molecular formula is C32H37N5S. The average molecular weight is 524 g/mol. The lowest BCUT2D eigenvalue weighted by molar-refractivity contribution is 0.478. The van der Waals surface area contributed by atoms with Gasteiger partial charge in [-0.2, -0.15) is 0 Å². The number of hydrogen-bond donors (Lipinski definition) is 3. The highest BCUT2D eigenvalue weighted by molar-refractivity contribution is 7.15. The molecule has 0 spiro atoms. The summed E-state index contributed by atoms with van der Waals surface area (Å²) in [5, 5.41) is 6.77. The van der Waals surface area contributed by atoms with Crippen molar-refractivity contribution in [3.63, 3.8) is 0 Å². The zero-order valence-electron chi connectivity index (χ0n) is 23.2. The lowest BCUT2D eigenvalue weighted by Crippen LogP contribution is -2.22. The molecule has 1 aromatic carbocycles. The fourth-order valence-corrected chi connectivity index (χ4v) is 5.06. The van der Waals surface area contributed by atoms with E-state index in [0.29, 0.717) is 6.42 Å². The molecule has 196 valence electrons. The predicted molar refractivity (Wildman–Crippen MR) is 164 cm³/mol. The quantitative estimate of drug-likeness (QED) is 0.193. The maximum atomic E-state index is 5.00. The Bertz CT molecular complexity index is 1540. The lowest BCUT2D eigenvalue weighted by Gasteiger charge is -2.24. The molecule has 0 aliphatic heterocycles. The van der Waals surface area contributed by atoms with Gasteiger partial charge in [-0.15, -0.1) is 11.3 Å². The van der Waals surface area contributed by atoms with Crippen molar-refractivity contribution in [1.29, 1.82) is 0 Å². The number of allylic oxidation sites excluding steroid dienone is 5.